The Bertz CT molecular complexity index is 3270. The van der Waals surface area contributed by atoms with Crippen molar-refractivity contribution in [3.05, 3.63) is 241 Å². The molecule has 2 heterocycles. The molecule has 0 N–H and O–H groups in total. The molecule has 3 heteroatoms. The van der Waals surface area contributed by atoms with Gasteiger partial charge in [0.25, 0.3) is 0 Å². The molecule has 0 radical (unpaired) electrons. The Morgan fingerprint density at radius 3 is 1.71 bits per heavy atom. The molecule has 59 heavy (non-hydrogen) atoms. The Morgan fingerprint density at radius 2 is 0.966 bits per heavy atom. The minimum Gasteiger partial charge on any atom is -0.456 e. The second kappa shape index (κ2) is 14.6. The van der Waals surface area contributed by atoms with E-state index in [2.05, 4.69) is 240 Å². The highest BCUT2D eigenvalue weighted by Gasteiger charge is 2.18. The molecule has 9 aromatic carbocycles. The molecular formula is C56H38N2O. The number of benzene rings is 9. The largest absolute Gasteiger partial charge is 0.456 e. The van der Waals surface area contributed by atoms with E-state index < -0.39 is 0 Å². The van der Waals surface area contributed by atoms with E-state index in [0.29, 0.717) is 0 Å². The molecule has 0 bridgehead atoms. The maximum atomic E-state index is 6.52. The Hall–Kier alpha value is -7.88. The third kappa shape index (κ3) is 6.26. The standard InChI is InChI=1S/C56H38N2O/c1-4-17-40(18-5-1)42-21-15-25-46(36-42)57(44-22-8-3-9-23-44)47-31-33-56-52(38-47)51-37-43(30-32-55(51)59-56)50(41-19-6-2-7-20-41)35-39-16-14-24-45(34-39)58-53-28-12-10-26-48(53)49-27-11-13-29-54(49)58/h1-38H/b50-35+. The van der Waals surface area contributed by atoms with Crippen LogP contribution in [0.3, 0.4) is 0 Å². The number of hydrogen-bond donors (Lipinski definition) is 0. The van der Waals surface area contributed by atoms with Crippen LogP contribution < -0.4 is 4.90 Å². The fourth-order valence-corrected chi connectivity index (χ4v) is 8.62. The quantitative estimate of drug-likeness (QED) is 0.144. The first-order chi connectivity index (χ1) is 29.2. The summed E-state index contributed by atoms with van der Waals surface area (Å²) in [6.45, 7) is 0. The second-order valence-corrected chi connectivity index (χ2v) is 15.0. The van der Waals surface area contributed by atoms with Crippen LogP contribution in [-0.4, -0.2) is 4.57 Å². The van der Waals surface area contributed by atoms with Crippen LogP contribution in [-0.2, 0) is 0 Å². The molecule has 3 nitrogen and oxygen atoms in total. The Morgan fingerprint density at radius 1 is 0.390 bits per heavy atom. The van der Waals surface area contributed by atoms with E-state index in [4.69, 9.17) is 4.42 Å². The Kier molecular flexibility index (Phi) is 8.49. The van der Waals surface area contributed by atoms with Crippen molar-refractivity contribution in [2.75, 3.05) is 4.90 Å². The summed E-state index contributed by atoms with van der Waals surface area (Å²) in [6.07, 6.45) is 2.32. The fraction of sp³-hybridized carbons (Fsp3) is 0. The maximum absolute atomic E-state index is 6.52. The molecule has 0 saturated heterocycles. The SMILES string of the molecule is C(=C(/c1ccccc1)c1ccc2oc3ccc(N(c4ccccc4)c4cccc(-c5ccccc5)c4)cc3c2c1)/c1cccc(-n2c3ccccc3c3ccccc32)c1. The number of rotatable bonds is 8. The molecule has 278 valence electrons. The topological polar surface area (TPSA) is 21.3 Å². The van der Waals surface area contributed by atoms with Gasteiger partial charge in [-0.05, 0) is 118 Å². The summed E-state index contributed by atoms with van der Waals surface area (Å²) in [7, 11) is 0. The lowest BCUT2D eigenvalue weighted by Crippen LogP contribution is -2.09. The predicted molar refractivity (Wildman–Crippen MR) is 248 cm³/mol. The third-order valence-electron chi connectivity index (χ3n) is 11.4. The van der Waals surface area contributed by atoms with Gasteiger partial charge in [-0.3, -0.25) is 0 Å². The number of para-hydroxylation sites is 3. The monoisotopic (exact) mass is 754 g/mol. The number of aromatic nitrogens is 1. The molecule has 11 rings (SSSR count). The normalized spacial score (nSPS) is 11.8. The van der Waals surface area contributed by atoms with Gasteiger partial charge in [-0.15, -0.1) is 0 Å². The van der Waals surface area contributed by atoms with Crippen molar-refractivity contribution < 1.29 is 4.42 Å². The van der Waals surface area contributed by atoms with Gasteiger partial charge < -0.3 is 13.9 Å². The van der Waals surface area contributed by atoms with Gasteiger partial charge >= 0.3 is 0 Å². The second-order valence-electron chi connectivity index (χ2n) is 15.0. The molecule has 0 spiro atoms. The van der Waals surface area contributed by atoms with Gasteiger partial charge in [-0.1, -0.05) is 146 Å². The molecule has 2 aromatic heterocycles. The Balaban J connectivity index is 1.04. The molecule has 0 aliphatic heterocycles. The number of nitrogens with zero attached hydrogens (tertiary/aromatic N) is 2. The molecule has 0 aliphatic carbocycles. The first kappa shape index (κ1) is 34.4. The van der Waals surface area contributed by atoms with Crippen molar-refractivity contribution in [2.45, 2.75) is 0 Å². The number of hydrogen-bond acceptors (Lipinski definition) is 2. The molecule has 0 unspecified atom stereocenters. The van der Waals surface area contributed by atoms with Gasteiger partial charge in [-0.2, -0.15) is 0 Å². The van der Waals surface area contributed by atoms with Gasteiger partial charge in [0.05, 0.1) is 11.0 Å². The lowest BCUT2D eigenvalue weighted by atomic mass is 9.94. The summed E-state index contributed by atoms with van der Waals surface area (Å²) in [6, 6.07) is 79.9. The summed E-state index contributed by atoms with van der Waals surface area (Å²) < 4.78 is 8.90. The molecule has 0 amide bonds. The lowest BCUT2D eigenvalue weighted by molar-refractivity contribution is 0.669. The minimum absolute atomic E-state index is 0.857. The van der Waals surface area contributed by atoms with Crippen LogP contribution >= 0.6 is 0 Å². The van der Waals surface area contributed by atoms with Crippen molar-refractivity contribution in [1.29, 1.82) is 0 Å². The van der Waals surface area contributed by atoms with E-state index in [0.717, 1.165) is 67.0 Å². The van der Waals surface area contributed by atoms with Gasteiger partial charge in [0, 0.05) is 44.3 Å². The summed E-state index contributed by atoms with van der Waals surface area (Å²) in [5, 5.41) is 4.65. The summed E-state index contributed by atoms with van der Waals surface area (Å²) >= 11 is 0. The zero-order valence-electron chi connectivity index (χ0n) is 32.2. The van der Waals surface area contributed by atoms with Crippen LogP contribution in [0.25, 0.3) is 72.2 Å². The third-order valence-corrected chi connectivity index (χ3v) is 11.4. The molecule has 0 fully saturated rings. The van der Waals surface area contributed by atoms with Crippen LogP contribution in [0.5, 0.6) is 0 Å². The van der Waals surface area contributed by atoms with Gasteiger partial charge in [-0.25, -0.2) is 0 Å². The van der Waals surface area contributed by atoms with E-state index >= 15 is 0 Å². The maximum Gasteiger partial charge on any atom is 0.135 e. The zero-order valence-corrected chi connectivity index (χ0v) is 32.2. The first-order valence-electron chi connectivity index (χ1n) is 20.1. The lowest BCUT2D eigenvalue weighted by Gasteiger charge is -2.26. The van der Waals surface area contributed by atoms with E-state index in [1.165, 1.54) is 32.9 Å². The van der Waals surface area contributed by atoms with Crippen molar-refractivity contribution >= 4 is 72.5 Å². The van der Waals surface area contributed by atoms with E-state index in [9.17, 15) is 0 Å². The van der Waals surface area contributed by atoms with Crippen LogP contribution in [0.2, 0.25) is 0 Å². The van der Waals surface area contributed by atoms with Crippen molar-refractivity contribution in [1.82, 2.24) is 4.57 Å². The van der Waals surface area contributed by atoms with E-state index in [1.54, 1.807) is 0 Å². The van der Waals surface area contributed by atoms with Crippen LogP contribution in [0.4, 0.5) is 17.1 Å². The number of furan rings is 1. The van der Waals surface area contributed by atoms with Crippen LogP contribution in [0.15, 0.2) is 229 Å². The van der Waals surface area contributed by atoms with Crippen LogP contribution in [0.1, 0.15) is 16.7 Å². The van der Waals surface area contributed by atoms with Gasteiger partial charge in [0.1, 0.15) is 11.2 Å². The molecular weight excluding hydrogens is 717 g/mol. The van der Waals surface area contributed by atoms with E-state index in [1.807, 2.05) is 0 Å². The average molecular weight is 755 g/mol. The highest BCUT2D eigenvalue weighted by molar-refractivity contribution is 6.10. The zero-order chi connectivity index (χ0) is 39.1. The van der Waals surface area contributed by atoms with Gasteiger partial charge in [0.15, 0.2) is 0 Å². The predicted octanol–water partition coefficient (Wildman–Crippen LogP) is 15.4. The van der Waals surface area contributed by atoms with Crippen molar-refractivity contribution in [2.24, 2.45) is 0 Å². The highest BCUT2D eigenvalue weighted by atomic mass is 16.3. The number of anilines is 3. The molecule has 11 aromatic rings. The average Bonchev–Trinajstić information content (AvgIpc) is 3.85. The smallest absolute Gasteiger partial charge is 0.135 e. The molecule has 0 aliphatic rings. The van der Waals surface area contributed by atoms with Gasteiger partial charge in [0.2, 0.25) is 0 Å². The van der Waals surface area contributed by atoms with Crippen LogP contribution in [0, 0.1) is 0 Å². The molecule has 0 atom stereocenters. The summed E-state index contributed by atoms with van der Waals surface area (Å²) in [5.74, 6) is 0. The van der Waals surface area contributed by atoms with Crippen molar-refractivity contribution in [3.8, 4) is 16.8 Å². The minimum atomic E-state index is 0.857. The number of fused-ring (bicyclic) bond motifs is 6. The highest BCUT2D eigenvalue weighted by Crippen LogP contribution is 2.41. The first-order valence-corrected chi connectivity index (χ1v) is 20.1. The van der Waals surface area contributed by atoms with Crippen molar-refractivity contribution in [3.63, 3.8) is 0 Å². The Labute approximate surface area is 343 Å². The fourth-order valence-electron chi connectivity index (χ4n) is 8.62. The van der Waals surface area contributed by atoms with E-state index in [-0.39, 0.29) is 0 Å². The molecule has 0 saturated carbocycles. The summed E-state index contributed by atoms with van der Waals surface area (Å²) in [5.41, 5.74) is 15.4. The summed E-state index contributed by atoms with van der Waals surface area (Å²) in [4.78, 5) is 2.33.